The van der Waals surface area contributed by atoms with Crippen molar-refractivity contribution < 1.29 is 19.3 Å². The Kier molecular flexibility index (Phi) is 7.23. The minimum absolute atomic E-state index is 0.0254. The van der Waals surface area contributed by atoms with Gasteiger partial charge in [-0.3, -0.25) is 20.2 Å². The average molecular weight is 466 g/mol. The predicted octanol–water partition coefficient (Wildman–Crippen LogP) is 5.81. The van der Waals surface area contributed by atoms with Gasteiger partial charge in [0.05, 0.1) is 33.6 Å². The number of hydrogen-bond donors (Lipinski definition) is 0. The van der Waals surface area contributed by atoms with Crippen molar-refractivity contribution in [2.24, 2.45) is 0 Å². The van der Waals surface area contributed by atoms with Crippen molar-refractivity contribution in [3.63, 3.8) is 0 Å². The lowest BCUT2D eigenvalue weighted by Crippen LogP contribution is -1.99. The van der Waals surface area contributed by atoms with Gasteiger partial charge in [0, 0.05) is 24.3 Å². The second-order valence-electron chi connectivity index (χ2n) is 6.72. The van der Waals surface area contributed by atoms with Gasteiger partial charge in [-0.25, -0.2) is 0 Å². The summed E-state index contributed by atoms with van der Waals surface area (Å²) < 4.78 is 11.1. The van der Waals surface area contributed by atoms with Crippen molar-refractivity contribution in [2.45, 2.75) is 6.61 Å². The lowest BCUT2D eigenvalue weighted by Gasteiger charge is -2.13. The summed E-state index contributed by atoms with van der Waals surface area (Å²) >= 11 is 6.39. The molecule has 0 amide bonds. The summed E-state index contributed by atoms with van der Waals surface area (Å²) in [4.78, 5) is 20.8. The van der Waals surface area contributed by atoms with Crippen LogP contribution < -0.4 is 9.47 Å². The van der Waals surface area contributed by atoms with Gasteiger partial charge in [0.25, 0.3) is 11.4 Å². The van der Waals surface area contributed by atoms with E-state index in [1.54, 1.807) is 30.3 Å². The molecule has 3 aromatic rings. The van der Waals surface area contributed by atoms with Crippen LogP contribution in [0.5, 0.6) is 11.5 Å². The number of nitro groups is 2. The molecule has 0 saturated heterocycles. The highest BCUT2D eigenvalue weighted by Crippen LogP contribution is 2.38. The van der Waals surface area contributed by atoms with Crippen molar-refractivity contribution in [3.05, 3.63) is 103 Å². The molecular formula is C23H16ClN3O6. The highest BCUT2D eigenvalue weighted by molar-refractivity contribution is 6.32. The lowest BCUT2D eigenvalue weighted by atomic mass is 10.0. The van der Waals surface area contributed by atoms with Crippen molar-refractivity contribution >= 4 is 34.6 Å². The molecule has 0 heterocycles. The van der Waals surface area contributed by atoms with Crippen LogP contribution in [0.15, 0.2) is 60.7 Å². The van der Waals surface area contributed by atoms with Gasteiger partial charge < -0.3 is 9.47 Å². The number of hydrogen-bond acceptors (Lipinski definition) is 7. The number of methoxy groups -OCH3 is 1. The van der Waals surface area contributed by atoms with E-state index in [2.05, 4.69) is 0 Å². The number of nitriles is 1. The maximum Gasteiger partial charge on any atom is 0.270 e. The largest absolute Gasteiger partial charge is 0.493 e. The summed E-state index contributed by atoms with van der Waals surface area (Å²) in [5, 5.41) is 31.6. The number of allylic oxidation sites excluding steroid dienone is 1. The maximum absolute atomic E-state index is 11.0. The van der Waals surface area contributed by atoms with Crippen LogP contribution in [0.3, 0.4) is 0 Å². The van der Waals surface area contributed by atoms with E-state index in [0.29, 0.717) is 22.4 Å². The van der Waals surface area contributed by atoms with Gasteiger partial charge in [0.15, 0.2) is 11.5 Å². The topological polar surface area (TPSA) is 129 Å². The Hall–Kier alpha value is -4.42. The molecule has 10 heteroatoms. The fourth-order valence-corrected chi connectivity index (χ4v) is 3.24. The first-order chi connectivity index (χ1) is 15.8. The zero-order valence-electron chi connectivity index (χ0n) is 17.2. The van der Waals surface area contributed by atoms with E-state index in [0.717, 1.165) is 0 Å². The van der Waals surface area contributed by atoms with Crippen LogP contribution in [0.2, 0.25) is 5.02 Å². The van der Waals surface area contributed by atoms with Crippen molar-refractivity contribution in [1.82, 2.24) is 0 Å². The summed E-state index contributed by atoms with van der Waals surface area (Å²) in [6.45, 7) is 0.0976. The van der Waals surface area contributed by atoms with E-state index in [-0.39, 0.29) is 34.3 Å². The standard InChI is InChI=1S/C23H16ClN3O6/c1-32-22-11-16(9-18(13-25)17-3-2-4-20(12-17)27(30)31)10-21(24)23(22)33-14-15-5-7-19(8-6-15)26(28)29/h2-12H,14H2,1H3/b18-9-. The number of nitrogens with zero attached hydrogens (tertiary/aromatic N) is 3. The van der Waals surface area contributed by atoms with E-state index in [1.807, 2.05) is 6.07 Å². The number of ether oxygens (including phenoxy) is 2. The van der Waals surface area contributed by atoms with E-state index >= 15 is 0 Å². The molecule has 0 aliphatic heterocycles. The average Bonchev–Trinajstić information content (AvgIpc) is 2.81. The molecule has 0 unspecified atom stereocenters. The number of halogens is 1. The Bertz CT molecular complexity index is 1280. The number of nitro benzene ring substituents is 2. The van der Waals surface area contributed by atoms with Gasteiger partial charge in [-0.05, 0) is 47.0 Å². The highest BCUT2D eigenvalue weighted by Gasteiger charge is 2.14. The van der Waals surface area contributed by atoms with Gasteiger partial charge in [0.1, 0.15) is 6.61 Å². The molecule has 0 N–H and O–H groups in total. The second kappa shape index (κ2) is 10.3. The van der Waals surface area contributed by atoms with E-state index in [1.165, 1.54) is 43.5 Å². The van der Waals surface area contributed by atoms with Gasteiger partial charge in [0.2, 0.25) is 0 Å². The molecule has 0 bridgehead atoms. The molecule has 0 atom stereocenters. The Morgan fingerprint density at radius 1 is 1.06 bits per heavy atom. The minimum atomic E-state index is -0.532. The van der Waals surface area contributed by atoms with Crippen LogP contribution in [-0.4, -0.2) is 17.0 Å². The fraction of sp³-hybridized carbons (Fsp3) is 0.0870. The molecule has 33 heavy (non-hydrogen) atoms. The minimum Gasteiger partial charge on any atom is -0.493 e. The van der Waals surface area contributed by atoms with Crippen LogP contribution in [0.4, 0.5) is 11.4 Å². The van der Waals surface area contributed by atoms with Crippen LogP contribution in [0.1, 0.15) is 16.7 Å². The molecule has 0 aliphatic carbocycles. The molecule has 0 saturated carbocycles. The van der Waals surface area contributed by atoms with E-state index in [9.17, 15) is 25.5 Å². The van der Waals surface area contributed by atoms with Gasteiger partial charge in [-0.1, -0.05) is 23.7 Å². The smallest absolute Gasteiger partial charge is 0.270 e. The van der Waals surface area contributed by atoms with Crippen LogP contribution in [-0.2, 0) is 6.61 Å². The second-order valence-corrected chi connectivity index (χ2v) is 7.13. The summed E-state index contributed by atoms with van der Waals surface area (Å²) in [7, 11) is 1.43. The third kappa shape index (κ3) is 5.64. The first-order valence-electron chi connectivity index (χ1n) is 9.42. The zero-order chi connectivity index (χ0) is 24.0. The molecule has 9 nitrogen and oxygen atoms in total. The Morgan fingerprint density at radius 2 is 1.76 bits per heavy atom. The molecule has 0 spiro atoms. The summed E-state index contributed by atoms with van der Waals surface area (Å²) in [5.41, 5.74) is 1.67. The number of benzene rings is 3. The molecular weight excluding hydrogens is 450 g/mol. The Morgan fingerprint density at radius 3 is 2.36 bits per heavy atom. The maximum atomic E-state index is 11.0. The van der Waals surface area contributed by atoms with Crippen LogP contribution >= 0.6 is 11.6 Å². The fourth-order valence-electron chi connectivity index (χ4n) is 2.97. The lowest BCUT2D eigenvalue weighted by molar-refractivity contribution is -0.385. The van der Waals surface area contributed by atoms with Crippen LogP contribution in [0, 0.1) is 31.6 Å². The van der Waals surface area contributed by atoms with Gasteiger partial charge in [-0.2, -0.15) is 5.26 Å². The van der Waals surface area contributed by atoms with Crippen molar-refractivity contribution in [3.8, 4) is 17.6 Å². The van der Waals surface area contributed by atoms with Crippen molar-refractivity contribution in [2.75, 3.05) is 7.11 Å². The molecule has 0 aliphatic rings. The third-order valence-corrected chi connectivity index (χ3v) is 4.86. The summed E-state index contributed by atoms with van der Waals surface area (Å²) in [5.74, 6) is 0.579. The van der Waals surface area contributed by atoms with E-state index in [4.69, 9.17) is 21.1 Å². The van der Waals surface area contributed by atoms with Crippen molar-refractivity contribution in [1.29, 1.82) is 5.26 Å². The first-order valence-corrected chi connectivity index (χ1v) is 9.80. The van der Waals surface area contributed by atoms with Gasteiger partial charge in [-0.15, -0.1) is 0 Å². The number of rotatable bonds is 8. The summed E-state index contributed by atoms with van der Waals surface area (Å²) in [6, 6.07) is 16.9. The quantitative estimate of drug-likeness (QED) is 0.177. The Balaban J connectivity index is 1.87. The predicted molar refractivity (Wildman–Crippen MR) is 122 cm³/mol. The SMILES string of the molecule is COc1cc(/C=C(/C#N)c2cccc([N+](=O)[O-])c2)cc(Cl)c1OCc1ccc([N+](=O)[O-])cc1. The van der Waals surface area contributed by atoms with Gasteiger partial charge >= 0.3 is 0 Å². The summed E-state index contributed by atoms with van der Waals surface area (Å²) in [6.07, 6.45) is 1.54. The molecule has 3 aromatic carbocycles. The molecule has 0 fully saturated rings. The van der Waals surface area contributed by atoms with Crippen LogP contribution in [0.25, 0.3) is 11.6 Å². The first kappa shape index (κ1) is 23.2. The zero-order valence-corrected chi connectivity index (χ0v) is 18.0. The highest BCUT2D eigenvalue weighted by atomic mass is 35.5. The molecule has 0 radical (unpaired) electrons. The van der Waals surface area contributed by atoms with E-state index < -0.39 is 9.85 Å². The molecule has 0 aromatic heterocycles. The normalized spacial score (nSPS) is 10.9. The Labute approximate surface area is 193 Å². The third-order valence-electron chi connectivity index (χ3n) is 4.58. The molecule has 3 rings (SSSR count). The monoisotopic (exact) mass is 465 g/mol. The number of non-ortho nitro benzene ring substituents is 2. The molecule has 166 valence electrons.